The predicted molar refractivity (Wildman–Crippen MR) is 139 cm³/mol. The molecule has 4 rings (SSSR count). The van der Waals surface area contributed by atoms with Crippen LogP contribution >= 0.6 is 15.9 Å². The van der Waals surface area contributed by atoms with E-state index in [-0.39, 0.29) is 24.3 Å². The fraction of sp³-hybridized carbons (Fsp3) is 0.310. The molecule has 0 aromatic heterocycles. The van der Waals surface area contributed by atoms with Crippen LogP contribution in [0.25, 0.3) is 0 Å². The van der Waals surface area contributed by atoms with Gasteiger partial charge in [0.2, 0.25) is 11.8 Å². The van der Waals surface area contributed by atoms with Gasteiger partial charge in [-0.05, 0) is 41.7 Å². The summed E-state index contributed by atoms with van der Waals surface area (Å²) in [5.74, 6) is -0.106. The molecule has 1 atom stereocenters. The molecule has 3 aromatic carbocycles. The second kappa shape index (κ2) is 12.0. The van der Waals surface area contributed by atoms with E-state index in [4.69, 9.17) is 0 Å². The summed E-state index contributed by atoms with van der Waals surface area (Å²) in [4.78, 5) is 29.1. The molecule has 0 bridgehead atoms. The summed E-state index contributed by atoms with van der Waals surface area (Å²) < 4.78 is 0.984. The Morgan fingerprint density at radius 1 is 0.824 bits per heavy atom. The third-order valence-corrected chi connectivity index (χ3v) is 6.97. The first kappa shape index (κ1) is 24.2. The van der Waals surface area contributed by atoms with Gasteiger partial charge in [0.1, 0.15) is 6.04 Å². The van der Waals surface area contributed by atoms with Gasteiger partial charge in [-0.25, -0.2) is 0 Å². The van der Waals surface area contributed by atoms with Gasteiger partial charge in [-0.1, -0.05) is 102 Å². The van der Waals surface area contributed by atoms with Gasteiger partial charge >= 0.3 is 0 Å². The van der Waals surface area contributed by atoms with E-state index >= 15 is 0 Å². The summed E-state index contributed by atoms with van der Waals surface area (Å²) in [6.45, 7) is 0.383. The Hall–Kier alpha value is -2.92. The zero-order valence-corrected chi connectivity index (χ0v) is 20.9. The maximum Gasteiger partial charge on any atom is 0.243 e. The van der Waals surface area contributed by atoms with Crippen molar-refractivity contribution in [2.24, 2.45) is 0 Å². The van der Waals surface area contributed by atoms with E-state index < -0.39 is 6.04 Å². The van der Waals surface area contributed by atoms with Crippen molar-refractivity contribution in [3.05, 3.63) is 106 Å². The van der Waals surface area contributed by atoms with Crippen LogP contribution in [0.1, 0.15) is 42.4 Å². The number of hydrogen-bond donors (Lipinski definition) is 1. The quantitative estimate of drug-likeness (QED) is 0.395. The van der Waals surface area contributed by atoms with Gasteiger partial charge in [-0.3, -0.25) is 9.59 Å². The summed E-state index contributed by atoms with van der Waals surface area (Å²) in [5.41, 5.74) is 2.99. The standard InChI is InChI=1S/C29H31BrN2O2/c30-25-17-15-24(16-18-25)21-32(28(33)20-23-11-5-2-6-12-23)27(19-22-9-3-1-4-10-22)29(34)31-26-13-7-8-14-26/h1-6,9-12,15-18,26-27H,7-8,13-14,19-21H2,(H,31,34). The van der Waals surface area contributed by atoms with Crippen LogP contribution in [0.3, 0.4) is 0 Å². The van der Waals surface area contributed by atoms with Crippen molar-refractivity contribution < 1.29 is 9.59 Å². The number of carbonyl (C=O) groups excluding carboxylic acids is 2. The number of hydrogen-bond acceptors (Lipinski definition) is 2. The maximum absolute atomic E-state index is 13.7. The number of nitrogens with one attached hydrogen (secondary N) is 1. The molecule has 0 radical (unpaired) electrons. The number of carbonyl (C=O) groups is 2. The highest BCUT2D eigenvalue weighted by atomic mass is 79.9. The van der Waals surface area contributed by atoms with E-state index in [1.54, 1.807) is 4.90 Å². The lowest BCUT2D eigenvalue weighted by molar-refractivity contribution is -0.141. The molecule has 1 N–H and O–H groups in total. The smallest absolute Gasteiger partial charge is 0.243 e. The second-order valence-electron chi connectivity index (χ2n) is 9.01. The van der Waals surface area contributed by atoms with Gasteiger partial charge in [-0.2, -0.15) is 0 Å². The van der Waals surface area contributed by atoms with E-state index in [0.29, 0.717) is 13.0 Å². The molecule has 3 aromatic rings. The van der Waals surface area contributed by atoms with Crippen LogP contribution in [0.5, 0.6) is 0 Å². The molecule has 34 heavy (non-hydrogen) atoms. The first-order chi connectivity index (χ1) is 16.6. The molecule has 0 spiro atoms. The van der Waals surface area contributed by atoms with Crippen LogP contribution in [-0.4, -0.2) is 28.8 Å². The van der Waals surface area contributed by atoms with Crippen molar-refractivity contribution in [1.82, 2.24) is 10.2 Å². The fourth-order valence-corrected chi connectivity index (χ4v) is 4.84. The number of rotatable bonds is 9. The van der Waals surface area contributed by atoms with Gasteiger partial charge in [0.05, 0.1) is 6.42 Å². The Morgan fingerprint density at radius 3 is 2.03 bits per heavy atom. The predicted octanol–water partition coefficient (Wildman–Crippen LogP) is 5.69. The molecule has 1 fully saturated rings. The van der Waals surface area contributed by atoms with E-state index in [1.807, 2.05) is 84.9 Å². The molecule has 0 saturated heterocycles. The Balaban J connectivity index is 1.64. The SMILES string of the molecule is O=C(NC1CCCC1)C(Cc1ccccc1)N(Cc1ccc(Br)cc1)C(=O)Cc1ccccc1. The number of benzene rings is 3. The summed E-state index contributed by atoms with van der Waals surface area (Å²) in [5, 5.41) is 3.25. The van der Waals surface area contributed by atoms with E-state index in [9.17, 15) is 9.59 Å². The van der Waals surface area contributed by atoms with Crippen LogP contribution in [-0.2, 0) is 29.0 Å². The monoisotopic (exact) mass is 518 g/mol. The average molecular weight is 519 g/mol. The van der Waals surface area contributed by atoms with E-state index in [0.717, 1.165) is 46.8 Å². The Labute approximate surface area is 210 Å². The topological polar surface area (TPSA) is 49.4 Å². The van der Waals surface area contributed by atoms with Crippen molar-refractivity contribution in [2.75, 3.05) is 0 Å². The molecule has 1 aliphatic carbocycles. The van der Waals surface area contributed by atoms with Crippen LogP contribution < -0.4 is 5.32 Å². The first-order valence-corrected chi connectivity index (χ1v) is 12.8. The minimum absolute atomic E-state index is 0.0448. The minimum Gasteiger partial charge on any atom is -0.352 e. The normalized spacial score (nSPS) is 14.5. The van der Waals surface area contributed by atoms with Gasteiger partial charge in [0, 0.05) is 23.5 Å². The largest absolute Gasteiger partial charge is 0.352 e. The lowest BCUT2D eigenvalue weighted by atomic mass is 10.0. The molecule has 4 nitrogen and oxygen atoms in total. The zero-order chi connectivity index (χ0) is 23.8. The minimum atomic E-state index is -0.581. The first-order valence-electron chi connectivity index (χ1n) is 12.0. The third-order valence-electron chi connectivity index (χ3n) is 6.44. The van der Waals surface area contributed by atoms with Gasteiger partial charge < -0.3 is 10.2 Å². The van der Waals surface area contributed by atoms with E-state index in [2.05, 4.69) is 21.2 Å². The molecule has 0 heterocycles. The lowest BCUT2D eigenvalue weighted by Crippen LogP contribution is -2.52. The Morgan fingerprint density at radius 2 is 1.41 bits per heavy atom. The van der Waals surface area contributed by atoms with Crippen LogP contribution in [0.15, 0.2) is 89.4 Å². The van der Waals surface area contributed by atoms with Gasteiger partial charge in [-0.15, -0.1) is 0 Å². The van der Waals surface area contributed by atoms with E-state index in [1.165, 1.54) is 0 Å². The van der Waals surface area contributed by atoms with Crippen molar-refractivity contribution in [2.45, 2.75) is 57.2 Å². The van der Waals surface area contributed by atoms with Crippen molar-refractivity contribution in [3.63, 3.8) is 0 Å². The average Bonchev–Trinajstić information content (AvgIpc) is 3.36. The third kappa shape index (κ3) is 6.80. The number of nitrogens with zero attached hydrogens (tertiary/aromatic N) is 1. The molecule has 1 unspecified atom stereocenters. The summed E-state index contributed by atoms with van der Waals surface area (Å²) in [6.07, 6.45) is 5.05. The number of halogens is 1. The van der Waals surface area contributed by atoms with Gasteiger partial charge in [0.15, 0.2) is 0 Å². The van der Waals surface area contributed by atoms with Crippen LogP contribution in [0.4, 0.5) is 0 Å². The lowest BCUT2D eigenvalue weighted by Gasteiger charge is -2.32. The molecule has 1 saturated carbocycles. The summed E-state index contributed by atoms with van der Waals surface area (Å²) in [6, 6.07) is 27.3. The molecular formula is C29H31BrN2O2. The summed E-state index contributed by atoms with van der Waals surface area (Å²) >= 11 is 3.49. The second-order valence-corrected chi connectivity index (χ2v) is 9.92. The molecule has 176 valence electrons. The van der Waals surface area contributed by atoms with Crippen LogP contribution in [0.2, 0.25) is 0 Å². The molecular weight excluding hydrogens is 488 g/mol. The fourth-order valence-electron chi connectivity index (χ4n) is 4.58. The van der Waals surface area contributed by atoms with Crippen molar-refractivity contribution in [3.8, 4) is 0 Å². The number of amides is 2. The molecule has 2 amide bonds. The Bertz CT molecular complexity index is 1060. The highest BCUT2D eigenvalue weighted by Gasteiger charge is 2.32. The van der Waals surface area contributed by atoms with Crippen molar-refractivity contribution >= 4 is 27.7 Å². The maximum atomic E-state index is 13.7. The Kier molecular flexibility index (Phi) is 8.53. The zero-order valence-electron chi connectivity index (χ0n) is 19.3. The van der Waals surface area contributed by atoms with Gasteiger partial charge in [0.25, 0.3) is 0 Å². The highest BCUT2D eigenvalue weighted by Crippen LogP contribution is 2.21. The summed E-state index contributed by atoms with van der Waals surface area (Å²) in [7, 11) is 0. The highest BCUT2D eigenvalue weighted by molar-refractivity contribution is 9.10. The van der Waals surface area contributed by atoms with Crippen molar-refractivity contribution in [1.29, 1.82) is 0 Å². The molecule has 5 heteroatoms. The molecule has 1 aliphatic rings. The molecule has 0 aliphatic heterocycles. The van der Waals surface area contributed by atoms with Crippen LogP contribution in [0, 0.1) is 0 Å².